The highest BCUT2D eigenvalue weighted by Gasteiger charge is 2.47. The summed E-state index contributed by atoms with van der Waals surface area (Å²) in [6.45, 7) is 14.6. The third-order valence-electron chi connectivity index (χ3n) is 8.52. The Morgan fingerprint density at radius 1 is 1.21 bits per heavy atom. The molecule has 3 aromatic heterocycles. The van der Waals surface area contributed by atoms with Crippen molar-refractivity contribution >= 4 is 24.7 Å². The van der Waals surface area contributed by atoms with Crippen LogP contribution in [0.15, 0.2) is 16.8 Å². The molecule has 0 unspecified atom stereocenters. The molecule has 202 valence electrons. The summed E-state index contributed by atoms with van der Waals surface area (Å²) in [5.41, 5.74) is 7.58. The van der Waals surface area contributed by atoms with E-state index in [4.69, 9.17) is 24.4 Å². The molecule has 0 aromatic carbocycles. The van der Waals surface area contributed by atoms with Crippen LogP contribution in [0.5, 0.6) is 6.01 Å². The Bertz CT molecular complexity index is 1380. The fourth-order valence-electron chi connectivity index (χ4n) is 4.67. The van der Waals surface area contributed by atoms with Gasteiger partial charge in [-0.25, -0.2) is 4.98 Å². The minimum Gasteiger partial charge on any atom is -0.463 e. The van der Waals surface area contributed by atoms with Crippen molar-refractivity contribution in [3.63, 3.8) is 0 Å². The van der Waals surface area contributed by atoms with Gasteiger partial charge in [-0.1, -0.05) is 25.9 Å². The second-order valence-electron chi connectivity index (χ2n) is 12.4. The molecule has 0 bridgehead atoms. The standard InChI is InChI=1S/C27H36N6O3SSi/c1-25(2,3)38(5,6)35-16-27(11-12-27)15-34-24-30-13-9-18(31-24)22-32-23(36-33-22)26(4)10-7-8-19-20(26)17(14-28)21(29)37-19/h9,13H,7-8,10-12,15-16,29H2,1-6H3/t26-/m0/s1. The topological polar surface area (TPSA) is 133 Å². The zero-order chi connectivity index (χ0) is 27.3. The van der Waals surface area contributed by atoms with E-state index in [1.165, 1.54) is 11.3 Å². The van der Waals surface area contributed by atoms with Crippen LogP contribution in [0, 0.1) is 16.7 Å². The highest BCUT2D eigenvalue weighted by Crippen LogP contribution is 2.49. The van der Waals surface area contributed by atoms with Gasteiger partial charge in [0.15, 0.2) is 8.32 Å². The number of nitrogen functional groups attached to an aromatic ring is 1. The highest BCUT2D eigenvalue weighted by molar-refractivity contribution is 7.16. The van der Waals surface area contributed by atoms with Crippen LogP contribution in [0.1, 0.15) is 75.3 Å². The molecule has 9 nitrogen and oxygen atoms in total. The number of thiophene rings is 1. The van der Waals surface area contributed by atoms with E-state index in [-0.39, 0.29) is 16.5 Å². The number of nitriles is 1. The molecule has 1 fully saturated rings. The maximum Gasteiger partial charge on any atom is 0.317 e. The molecule has 5 rings (SSSR count). The fraction of sp³-hybridized carbons (Fsp3) is 0.593. The monoisotopic (exact) mass is 552 g/mol. The van der Waals surface area contributed by atoms with Gasteiger partial charge < -0.3 is 19.4 Å². The normalized spacial score (nSPS) is 20.6. The van der Waals surface area contributed by atoms with Crippen molar-refractivity contribution in [3.05, 3.63) is 34.2 Å². The van der Waals surface area contributed by atoms with E-state index >= 15 is 0 Å². The summed E-state index contributed by atoms with van der Waals surface area (Å²) in [7, 11) is -1.82. The van der Waals surface area contributed by atoms with Crippen molar-refractivity contribution < 1.29 is 13.7 Å². The summed E-state index contributed by atoms with van der Waals surface area (Å²) in [5, 5.41) is 14.7. The number of fused-ring (bicyclic) bond motifs is 1. The Kier molecular flexibility index (Phi) is 6.65. The molecule has 0 aliphatic heterocycles. The van der Waals surface area contributed by atoms with Gasteiger partial charge in [-0.2, -0.15) is 15.2 Å². The van der Waals surface area contributed by atoms with Gasteiger partial charge in [0, 0.05) is 28.7 Å². The number of ether oxygens (including phenoxy) is 1. The number of rotatable bonds is 8. The summed E-state index contributed by atoms with van der Waals surface area (Å²) >= 11 is 1.48. The van der Waals surface area contributed by atoms with Crippen LogP contribution in [0.2, 0.25) is 18.1 Å². The fourth-order valence-corrected chi connectivity index (χ4v) is 6.96. The molecular formula is C27H36N6O3SSi. The molecule has 3 heterocycles. The number of nitrogens with two attached hydrogens (primary N) is 1. The molecule has 0 amide bonds. The van der Waals surface area contributed by atoms with Gasteiger partial charge >= 0.3 is 6.01 Å². The molecular weight excluding hydrogens is 516 g/mol. The van der Waals surface area contributed by atoms with Crippen molar-refractivity contribution in [2.24, 2.45) is 5.41 Å². The van der Waals surface area contributed by atoms with E-state index in [9.17, 15) is 5.26 Å². The number of aryl methyl sites for hydroxylation is 1. The minimum absolute atomic E-state index is 0.0301. The van der Waals surface area contributed by atoms with Crippen LogP contribution in [-0.2, 0) is 16.3 Å². The summed E-state index contributed by atoms with van der Waals surface area (Å²) in [6.07, 6.45) is 6.45. The van der Waals surface area contributed by atoms with E-state index < -0.39 is 13.7 Å². The van der Waals surface area contributed by atoms with Gasteiger partial charge in [0.2, 0.25) is 11.7 Å². The van der Waals surface area contributed by atoms with Crippen LogP contribution in [0.25, 0.3) is 11.5 Å². The lowest BCUT2D eigenvalue weighted by Crippen LogP contribution is -2.42. The first kappa shape index (κ1) is 26.8. The Morgan fingerprint density at radius 2 is 1.97 bits per heavy atom. The van der Waals surface area contributed by atoms with Crippen LogP contribution in [-0.4, -0.2) is 41.6 Å². The number of anilines is 1. The van der Waals surface area contributed by atoms with E-state index in [1.54, 1.807) is 12.3 Å². The summed E-state index contributed by atoms with van der Waals surface area (Å²) < 4.78 is 18.3. The second kappa shape index (κ2) is 9.43. The first-order valence-corrected chi connectivity index (χ1v) is 16.9. The quantitative estimate of drug-likeness (QED) is 0.341. The van der Waals surface area contributed by atoms with E-state index in [0.29, 0.717) is 41.2 Å². The van der Waals surface area contributed by atoms with E-state index in [1.807, 2.05) is 6.92 Å². The van der Waals surface area contributed by atoms with Crippen LogP contribution in [0.4, 0.5) is 5.00 Å². The lowest BCUT2D eigenvalue weighted by molar-refractivity contribution is 0.144. The molecule has 1 atom stereocenters. The second-order valence-corrected chi connectivity index (χ2v) is 18.4. The Labute approximate surface area is 228 Å². The van der Waals surface area contributed by atoms with Gasteiger partial charge in [0.1, 0.15) is 16.8 Å². The molecule has 2 aliphatic carbocycles. The smallest absolute Gasteiger partial charge is 0.317 e. The van der Waals surface area contributed by atoms with Crippen LogP contribution in [0.3, 0.4) is 0 Å². The molecule has 11 heteroatoms. The van der Waals surface area contributed by atoms with Crippen molar-refractivity contribution in [2.75, 3.05) is 18.9 Å². The third kappa shape index (κ3) is 4.85. The SMILES string of the molecule is CC(C)(C)[Si](C)(C)OCC1(COc2nccc(-c3noc([C@@]4(C)CCCc5sc(N)c(C#N)c54)n3)n2)CC1. The first-order valence-electron chi connectivity index (χ1n) is 13.1. The van der Waals surface area contributed by atoms with Gasteiger partial charge in [-0.15, -0.1) is 11.3 Å². The predicted molar refractivity (Wildman–Crippen MR) is 148 cm³/mol. The Balaban J connectivity index is 1.30. The van der Waals surface area contributed by atoms with Gasteiger partial charge in [0.25, 0.3) is 0 Å². The molecule has 0 spiro atoms. The molecule has 2 aliphatic rings. The van der Waals surface area contributed by atoms with Crippen molar-refractivity contribution in [3.8, 4) is 23.6 Å². The van der Waals surface area contributed by atoms with Gasteiger partial charge in [-0.05, 0) is 63.2 Å². The largest absolute Gasteiger partial charge is 0.463 e. The van der Waals surface area contributed by atoms with Gasteiger partial charge in [0.05, 0.1) is 17.6 Å². The molecule has 2 N–H and O–H groups in total. The summed E-state index contributed by atoms with van der Waals surface area (Å²) in [5.74, 6) is 0.827. The minimum atomic E-state index is -1.82. The zero-order valence-electron chi connectivity index (χ0n) is 23.1. The third-order valence-corrected chi connectivity index (χ3v) is 14.1. The van der Waals surface area contributed by atoms with Crippen LogP contribution < -0.4 is 10.5 Å². The zero-order valence-corrected chi connectivity index (χ0v) is 24.9. The Morgan fingerprint density at radius 3 is 2.66 bits per heavy atom. The summed E-state index contributed by atoms with van der Waals surface area (Å²) in [6, 6.07) is 4.31. The van der Waals surface area contributed by atoms with Crippen LogP contribution >= 0.6 is 11.3 Å². The van der Waals surface area contributed by atoms with E-state index in [2.05, 4.69) is 55.1 Å². The van der Waals surface area contributed by atoms with Gasteiger partial charge in [-0.3, -0.25) is 0 Å². The average molecular weight is 553 g/mol. The lowest BCUT2D eigenvalue weighted by atomic mass is 9.72. The number of nitrogens with zero attached hydrogens (tertiary/aromatic N) is 5. The maximum absolute atomic E-state index is 9.75. The highest BCUT2D eigenvalue weighted by atomic mass is 32.1. The van der Waals surface area contributed by atoms with Crippen molar-refractivity contribution in [1.29, 1.82) is 5.26 Å². The molecule has 0 saturated heterocycles. The number of hydrogen-bond acceptors (Lipinski definition) is 10. The molecule has 3 aromatic rings. The predicted octanol–water partition coefficient (Wildman–Crippen LogP) is 5.87. The molecule has 38 heavy (non-hydrogen) atoms. The number of hydrogen-bond donors (Lipinski definition) is 1. The van der Waals surface area contributed by atoms with Crippen molar-refractivity contribution in [2.45, 2.75) is 83.3 Å². The maximum atomic E-state index is 9.75. The lowest BCUT2D eigenvalue weighted by Gasteiger charge is -2.37. The number of aromatic nitrogens is 4. The van der Waals surface area contributed by atoms with Crippen molar-refractivity contribution in [1.82, 2.24) is 20.1 Å². The average Bonchev–Trinajstić information content (AvgIpc) is 3.29. The molecule has 1 saturated carbocycles. The Hall–Kier alpha value is -2.81. The summed E-state index contributed by atoms with van der Waals surface area (Å²) in [4.78, 5) is 14.7. The van der Waals surface area contributed by atoms with E-state index in [0.717, 1.165) is 42.5 Å². The first-order chi connectivity index (χ1) is 17.9. The molecule has 0 radical (unpaired) electrons.